The van der Waals surface area contributed by atoms with Crippen LogP contribution in [0.2, 0.25) is 0 Å². The fraction of sp³-hybridized carbons (Fsp3) is 0.562. The van der Waals surface area contributed by atoms with E-state index in [4.69, 9.17) is 9.84 Å². The van der Waals surface area contributed by atoms with E-state index in [-0.39, 0.29) is 0 Å². The van der Waals surface area contributed by atoms with Crippen LogP contribution in [-0.2, 0) is 22.4 Å². The van der Waals surface area contributed by atoms with Gasteiger partial charge in [-0.25, -0.2) is 4.79 Å². The van der Waals surface area contributed by atoms with Crippen molar-refractivity contribution in [3.8, 4) is 0 Å². The quantitative estimate of drug-likeness (QED) is 0.783. The molecule has 0 saturated carbocycles. The van der Waals surface area contributed by atoms with Crippen molar-refractivity contribution in [3.05, 3.63) is 35.4 Å². The van der Waals surface area contributed by atoms with Crippen molar-refractivity contribution in [1.82, 2.24) is 0 Å². The molecule has 0 bridgehead atoms. The van der Waals surface area contributed by atoms with Crippen LogP contribution in [0.25, 0.3) is 0 Å². The third-order valence-electron chi connectivity index (χ3n) is 3.10. The fourth-order valence-corrected chi connectivity index (χ4v) is 1.93. The van der Waals surface area contributed by atoms with Crippen molar-refractivity contribution in [3.63, 3.8) is 0 Å². The highest BCUT2D eigenvalue weighted by atomic mass is 16.5. The average Bonchev–Trinajstić information content (AvgIpc) is 2.37. The molecule has 1 aromatic rings. The van der Waals surface area contributed by atoms with Gasteiger partial charge in [0.15, 0.2) is 6.10 Å². The Morgan fingerprint density at radius 2 is 1.79 bits per heavy atom. The number of hydrogen-bond donors (Lipinski definition) is 1. The Morgan fingerprint density at radius 3 is 2.26 bits per heavy atom. The minimum Gasteiger partial charge on any atom is -0.479 e. The summed E-state index contributed by atoms with van der Waals surface area (Å²) < 4.78 is 5.22. The van der Waals surface area contributed by atoms with Gasteiger partial charge >= 0.3 is 5.97 Å². The summed E-state index contributed by atoms with van der Waals surface area (Å²) in [6, 6.07) is 8.18. The number of hydrogen-bond acceptors (Lipinski definition) is 2. The van der Waals surface area contributed by atoms with Gasteiger partial charge in [0.1, 0.15) is 0 Å². The highest BCUT2D eigenvalue weighted by molar-refractivity contribution is 5.72. The molecule has 1 unspecified atom stereocenters. The Hall–Kier alpha value is -1.35. The second-order valence-corrected chi connectivity index (χ2v) is 5.24. The Labute approximate surface area is 115 Å². The van der Waals surface area contributed by atoms with Gasteiger partial charge in [-0.3, -0.25) is 0 Å². The van der Waals surface area contributed by atoms with Gasteiger partial charge in [-0.2, -0.15) is 0 Å². The van der Waals surface area contributed by atoms with E-state index in [1.54, 1.807) is 0 Å². The average molecular weight is 264 g/mol. The van der Waals surface area contributed by atoms with Gasteiger partial charge in [0.05, 0.1) is 0 Å². The maximum absolute atomic E-state index is 11.0. The van der Waals surface area contributed by atoms with Gasteiger partial charge in [-0.05, 0) is 36.8 Å². The molecule has 19 heavy (non-hydrogen) atoms. The predicted molar refractivity (Wildman–Crippen MR) is 76.4 cm³/mol. The maximum Gasteiger partial charge on any atom is 0.333 e. The van der Waals surface area contributed by atoms with Crippen LogP contribution in [0.5, 0.6) is 0 Å². The van der Waals surface area contributed by atoms with E-state index in [2.05, 4.69) is 26.0 Å². The highest BCUT2D eigenvalue weighted by Crippen LogP contribution is 2.12. The SMILES string of the molecule is CCOC(Cc1ccc(CCC(C)C)cc1)C(=O)O. The van der Waals surface area contributed by atoms with Gasteiger partial charge in [0.2, 0.25) is 0 Å². The zero-order valence-corrected chi connectivity index (χ0v) is 12.1. The van der Waals surface area contributed by atoms with E-state index in [1.165, 1.54) is 12.0 Å². The molecule has 106 valence electrons. The van der Waals surface area contributed by atoms with Crippen molar-refractivity contribution < 1.29 is 14.6 Å². The molecule has 0 spiro atoms. The lowest BCUT2D eigenvalue weighted by Gasteiger charge is -2.12. The first-order valence-electron chi connectivity index (χ1n) is 6.95. The first-order valence-corrected chi connectivity index (χ1v) is 6.95. The minimum atomic E-state index is -0.897. The third kappa shape index (κ3) is 5.88. The standard InChI is InChI=1S/C16H24O3/c1-4-19-15(16(17)18)11-14-9-7-13(8-10-14)6-5-12(2)3/h7-10,12,15H,4-6,11H2,1-3H3,(H,17,18). The topological polar surface area (TPSA) is 46.5 Å². The number of carbonyl (C=O) groups is 1. The Bertz CT molecular complexity index is 381. The second-order valence-electron chi connectivity index (χ2n) is 5.24. The van der Waals surface area contributed by atoms with Crippen molar-refractivity contribution in [2.45, 2.75) is 46.1 Å². The molecule has 1 N–H and O–H groups in total. The predicted octanol–water partition coefficient (Wildman–Crippen LogP) is 3.31. The normalized spacial score (nSPS) is 12.6. The van der Waals surface area contributed by atoms with Crippen LogP contribution in [0.3, 0.4) is 0 Å². The summed E-state index contributed by atoms with van der Waals surface area (Å²) in [6.45, 7) is 6.66. The smallest absolute Gasteiger partial charge is 0.333 e. The first-order chi connectivity index (χ1) is 9.02. The van der Waals surface area contributed by atoms with E-state index in [1.807, 2.05) is 19.1 Å². The maximum atomic E-state index is 11.0. The Kier molecular flexibility index (Phi) is 6.57. The van der Waals surface area contributed by atoms with E-state index < -0.39 is 12.1 Å². The van der Waals surface area contributed by atoms with Gasteiger partial charge in [0.25, 0.3) is 0 Å². The molecule has 0 saturated heterocycles. The lowest BCUT2D eigenvalue weighted by molar-refractivity contribution is -0.149. The molecule has 0 heterocycles. The number of aryl methyl sites for hydroxylation is 1. The monoisotopic (exact) mass is 264 g/mol. The third-order valence-corrected chi connectivity index (χ3v) is 3.10. The molecule has 3 nitrogen and oxygen atoms in total. The summed E-state index contributed by atoms with van der Waals surface area (Å²) in [7, 11) is 0. The molecular formula is C16H24O3. The van der Waals surface area contributed by atoms with Gasteiger partial charge in [0, 0.05) is 13.0 Å². The molecule has 1 rings (SSSR count). The van der Waals surface area contributed by atoms with Crippen LogP contribution < -0.4 is 0 Å². The molecule has 0 aromatic heterocycles. The Balaban J connectivity index is 2.57. The van der Waals surface area contributed by atoms with Crippen molar-refractivity contribution in [1.29, 1.82) is 0 Å². The fourth-order valence-electron chi connectivity index (χ4n) is 1.93. The van der Waals surface area contributed by atoms with E-state index in [0.717, 1.165) is 12.0 Å². The van der Waals surface area contributed by atoms with E-state index in [9.17, 15) is 4.79 Å². The minimum absolute atomic E-state index is 0.420. The van der Waals surface area contributed by atoms with Gasteiger partial charge < -0.3 is 9.84 Å². The molecule has 1 aromatic carbocycles. The zero-order chi connectivity index (χ0) is 14.3. The molecule has 3 heteroatoms. The van der Waals surface area contributed by atoms with Crippen LogP contribution in [0.4, 0.5) is 0 Å². The summed E-state index contributed by atoms with van der Waals surface area (Å²) in [5.41, 5.74) is 2.31. The van der Waals surface area contributed by atoms with Crippen molar-refractivity contribution in [2.75, 3.05) is 6.61 Å². The number of rotatable bonds is 8. The van der Waals surface area contributed by atoms with E-state index in [0.29, 0.717) is 18.9 Å². The lowest BCUT2D eigenvalue weighted by atomic mass is 10.00. The number of carboxylic acids is 1. The van der Waals surface area contributed by atoms with Crippen LogP contribution >= 0.6 is 0 Å². The molecule has 0 amide bonds. The molecule has 0 aliphatic rings. The molecule has 0 fully saturated rings. The molecule has 1 atom stereocenters. The first kappa shape index (κ1) is 15.7. The number of ether oxygens (including phenoxy) is 1. The lowest BCUT2D eigenvalue weighted by Crippen LogP contribution is -2.26. The zero-order valence-electron chi connectivity index (χ0n) is 12.1. The van der Waals surface area contributed by atoms with Crippen LogP contribution in [0, 0.1) is 5.92 Å². The highest BCUT2D eigenvalue weighted by Gasteiger charge is 2.17. The molecule has 0 radical (unpaired) electrons. The summed E-state index contributed by atoms with van der Waals surface area (Å²) in [5.74, 6) is -0.195. The number of benzene rings is 1. The van der Waals surface area contributed by atoms with E-state index >= 15 is 0 Å². The summed E-state index contributed by atoms with van der Waals surface area (Å²) in [4.78, 5) is 11.0. The van der Waals surface area contributed by atoms with Crippen LogP contribution in [0.1, 0.15) is 38.3 Å². The van der Waals surface area contributed by atoms with Crippen LogP contribution in [-0.4, -0.2) is 23.8 Å². The number of aliphatic carboxylic acids is 1. The van der Waals surface area contributed by atoms with Crippen molar-refractivity contribution >= 4 is 5.97 Å². The summed E-state index contributed by atoms with van der Waals surface area (Å²) in [5, 5.41) is 9.04. The van der Waals surface area contributed by atoms with Crippen LogP contribution in [0.15, 0.2) is 24.3 Å². The number of carboxylic acid groups (broad SMARTS) is 1. The summed E-state index contributed by atoms with van der Waals surface area (Å²) in [6.07, 6.45) is 1.93. The molecule has 0 aliphatic heterocycles. The van der Waals surface area contributed by atoms with Gasteiger partial charge in [-0.15, -0.1) is 0 Å². The largest absolute Gasteiger partial charge is 0.479 e. The summed E-state index contributed by atoms with van der Waals surface area (Å²) >= 11 is 0. The Morgan fingerprint density at radius 1 is 1.21 bits per heavy atom. The molecular weight excluding hydrogens is 240 g/mol. The second kappa shape index (κ2) is 7.95. The van der Waals surface area contributed by atoms with Gasteiger partial charge in [-0.1, -0.05) is 38.1 Å². The molecule has 0 aliphatic carbocycles. The van der Waals surface area contributed by atoms with Crippen molar-refractivity contribution in [2.24, 2.45) is 5.92 Å².